The molecule has 1 aliphatic rings. The summed E-state index contributed by atoms with van der Waals surface area (Å²) in [6.45, 7) is 6.25. The lowest BCUT2D eigenvalue weighted by Gasteiger charge is -2.22. The minimum Gasteiger partial charge on any atom is -0.346 e. The van der Waals surface area contributed by atoms with Gasteiger partial charge >= 0.3 is 0 Å². The third kappa shape index (κ3) is 3.94. The van der Waals surface area contributed by atoms with E-state index in [-0.39, 0.29) is 5.91 Å². The van der Waals surface area contributed by atoms with Crippen LogP contribution in [0.4, 0.5) is 0 Å². The molecule has 28 heavy (non-hydrogen) atoms. The van der Waals surface area contributed by atoms with Gasteiger partial charge in [-0.2, -0.15) is 5.10 Å². The maximum atomic E-state index is 12.4. The summed E-state index contributed by atoms with van der Waals surface area (Å²) in [4.78, 5) is 16.8. The topological polar surface area (TPSA) is 103 Å². The van der Waals surface area contributed by atoms with Crippen LogP contribution in [0.3, 0.4) is 0 Å². The van der Waals surface area contributed by atoms with Gasteiger partial charge in [0.25, 0.3) is 5.91 Å². The van der Waals surface area contributed by atoms with Crippen molar-refractivity contribution in [3.05, 3.63) is 53.2 Å². The summed E-state index contributed by atoms with van der Waals surface area (Å²) >= 11 is 0. The second kappa shape index (κ2) is 7.89. The zero-order valence-electron chi connectivity index (χ0n) is 16.1. The number of amides is 1. The molecule has 1 amide bonds. The molecule has 3 aromatic rings. The number of carbonyl (C=O) groups excluding carboxylic acids is 1. The summed E-state index contributed by atoms with van der Waals surface area (Å²) in [5.74, 6) is 0.522. The highest BCUT2D eigenvalue weighted by Crippen LogP contribution is 2.17. The molecule has 0 aromatic carbocycles. The highest BCUT2D eigenvalue weighted by Gasteiger charge is 2.18. The van der Waals surface area contributed by atoms with Gasteiger partial charge in [-0.25, -0.2) is 14.3 Å². The number of aromatic nitrogens is 6. The molecule has 146 valence electrons. The van der Waals surface area contributed by atoms with E-state index in [1.165, 1.54) is 0 Å². The van der Waals surface area contributed by atoms with Crippen LogP contribution in [0.5, 0.6) is 0 Å². The Labute approximate surface area is 163 Å². The fourth-order valence-electron chi connectivity index (χ4n) is 3.41. The van der Waals surface area contributed by atoms with Crippen LogP contribution in [0.1, 0.15) is 46.3 Å². The first-order valence-electron chi connectivity index (χ1n) is 9.49. The number of hydrogen-bond acceptors (Lipinski definition) is 6. The quantitative estimate of drug-likeness (QED) is 0.692. The molecule has 4 heterocycles. The number of rotatable bonds is 5. The third-order valence-electron chi connectivity index (χ3n) is 4.91. The molecule has 4 rings (SSSR count). The first-order chi connectivity index (χ1) is 13.6. The molecule has 3 aromatic heterocycles. The number of carbonyl (C=O) groups is 1. The first-order valence-corrected chi connectivity index (χ1v) is 9.49. The number of nitrogens with zero attached hydrogens (tertiary/aromatic N) is 6. The minimum absolute atomic E-state index is 0.234. The molecule has 2 N–H and O–H groups in total. The van der Waals surface area contributed by atoms with Crippen molar-refractivity contribution in [2.75, 3.05) is 13.1 Å². The van der Waals surface area contributed by atoms with Gasteiger partial charge in [-0.05, 0) is 57.5 Å². The molecule has 0 saturated carbocycles. The number of aryl methyl sites for hydroxylation is 2. The molecule has 1 saturated heterocycles. The molecule has 9 nitrogen and oxygen atoms in total. The van der Waals surface area contributed by atoms with Crippen LogP contribution >= 0.6 is 0 Å². The van der Waals surface area contributed by atoms with Gasteiger partial charge in [0.1, 0.15) is 0 Å². The molecule has 0 radical (unpaired) electrons. The lowest BCUT2D eigenvalue weighted by molar-refractivity contribution is 0.0945. The van der Waals surface area contributed by atoms with Crippen LogP contribution in [0, 0.1) is 13.8 Å². The van der Waals surface area contributed by atoms with Crippen molar-refractivity contribution in [1.82, 2.24) is 40.4 Å². The predicted molar refractivity (Wildman–Crippen MR) is 103 cm³/mol. The summed E-state index contributed by atoms with van der Waals surface area (Å²) in [7, 11) is 0. The molecule has 1 fully saturated rings. The highest BCUT2D eigenvalue weighted by molar-refractivity contribution is 5.91. The first kappa shape index (κ1) is 18.3. The van der Waals surface area contributed by atoms with Crippen molar-refractivity contribution in [2.24, 2.45) is 0 Å². The van der Waals surface area contributed by atoms with Crippen LogP contribution < -0.4 is 10.6 Å². The Morgan fingerprint density at radius 2 is 2.11 bits per heavy atom. The normalized spacial score (nSPS) is 14.9. The van der Waals surface area contributed by atoms with E-state index < -0.39 is 0 Å². The van der Waals surface area contributed by atoms with Gasteiger partial charge in [0, 0.05) is 18.4 Å². The lowest BCUT2D eigenvalue weighted by Crippen LogP contribution is -2.29. The minimum atomic E-state index is -0.234. The van der Waals surface area contributed by atoms with E-state index in [2.05, 4.69) is 31.0 Å². The average Bonchev–Trinajstić information content (AvgIpc) is 3.34. The Balaban J connectivity index is 1.36. The van der Waals surface area contributed by atoms with Crippen molar-refractivity contribution in [2.45, 2.75) is 39.3 Å². The van der Waals surface area contributed by atoms with Gasteiger partial charge < -0.3 is 10.6 Å². The number of pyridine rings is 1. The smallest absolute Gasteiger partial charge is 0.273 e. The predicted octanol–water partition coefficient (Wildman–Crippen LogP) is 1.33. The van der Waals surface area contributed by atoms with Gasteiger partial charge in [0.2, 0.25) is 0 Å². The van der Waals surface area contributed by atoms with Crippen LogP contribution in [-0.2, 0) is 6.54 Å². The summed E-state index contributed by atoms with van der Waals surface area (Å²) in [6.07, 6.45) is 5.48. The lowest BCUT2D eigenvalue weighted by atomic mass is 10.1. The molecule has 1 aliphatic heterocycles. The maximum Gasteiger partial charge on any atom is 0.273 e. The molecule has 0 unspecified atom stereocenters. The highest BCUT2D eigenvalue weighted by atomic mass is 16.2. The van der Waals surface area contributed by atoms with E-state index in [0.29, 0.717) is 18.3 Å². The van der Waals surface area contributed by atoms with Gasteiger partial charge in [0.15, 0.2) is 11.5 Å². The Morgan fingerprint density at radius 1 is 1.29 bits per heavy atom. The van der Waals surface area contributed by atoms with Crippen LogP contribution in [0.25, 0.3) is 5.82 Å². The molecule has 0 atom stereocenters. The zero-order chi connectivity index (χ0) is 19.5. The Kier molecular flexibility index (Phi) is 5.16. The van der Waals surface area contributed by atoms with Crippen molar-refractivity contribution in [1.29, 1.82) is 0 Å². The summed E-state index contributed by atoms with van der Waals surface area (Å²) in [5.41, 5.74) is 3.23. The number of piperidine rings is 1. The van der Waals surface area contributed by atoms with Crippen molar-refractivity contribution in [3.63, 3.8) is 0 Å². The van der Waals surface area contributed by atoms with Crippen LogP contribution in [-0.4, -0.2) is 48.8 Å². The molecular formula is C19H24N8O. The van der Waals surface area contributed by atoms with Crippen LogP contribution in [0.15, 0.2) is 30.6 Å². The van der Waals surface area contributed by atoms with E-state index >= 15 is 0 Å². The second-order valence-electron chi connectivity index (χ2n) is 7.11. The van der Waals surface area contributed by atoms with E-state index in [0.717, 1.165) is 48.7 Å². The Hall–Kier alpha value is -3.07. The van der Waals surface area contributed by atoms with Crippen molar-refractivity contribution < 1.29 is 4.79 Å². The summed E-state index contributed by atoms with van der Waals surface area (Å²) in [6, 6.07) is 6.15. The third-order valence-corrected chi connectivity index (χ3v) is 4.91. The van der Waals surface area contributed by atoms with Gasteiger partial charge in [-0.1, -0.05) is 11.3 Å². The van der Waals surface area contributed by atoms with E-state index in [4.69, 9.17) is 0 Å². The molecule has 0 spiro atoms. The van der Waals surface area contributed by atoms with Gasteiger partial charge in [0.05, 0.1) is 17.9 Å². The largest absolute Gasteiger partial charge is 0.346 e. The van der Waals surface area contributed by atoms with Crippen molar-refractivity contribution in [3.8, 4) is 5.82 Å². The Morgan fingerprint density at radius 3 is 2.79 bits per heavy atom. The number of hydrogen-bond donors (Lipinski definition) is 2. The van der Waals surface area contributed by atoms with Gasteiger partial charge in [-0.3, -0.25) is 4.79 Å². The summed E-state index contributed by atoms with van der Waals surface area (Å²) < 4.78 is 3.61. The standard InChI is InChI=1S/C19H24N8O/c1-13-9-14(2)27(24-13)18-4-3-15(10-21-18)11-22-19(28)17-12-26(25-23-17)16-5-7-20-8-6-16/h3-4,9-10,12,16,20H,5-8,11H2,1-2H3,(H,22,28). The van der Waals surface area contributed by atoms with E-state index in [1.54, 1.807) is 21.8 Å². The van der Waals surface area contributed by atoms with Crippen molar-refractivity contribution >= 4 is 5.91 Å². The molecule has 9 heteroatoms. The SMILES string of the molecule is Cc1cc(C)n(-c2ccc(CNC(=O)c3cn(C4CCNCC4)nn3)cn2)n1. The fraction of sp³-hybridized carbons (Fsp3) is 0.421. The average molecular weight is 380 g/mol. The monoisotopic (exact) mass is 380 g/mol. The zero-order valence-corrected chi connectivity index (χ0v) is 16.1. The maximum absolute atomic E-state index is 12.4. The molecular weight excluding hydrogens is 356 g/mol. The number of nitrogens with one attached hydrogen (secondary N) is 2. The molecule has 0 bridgehead atoms. The van der Waals surface area contributed by atoms with Gasteiger partial charge in [-0.15, -0.1) is 5.10 Å². The second-order valence-corrected chi connectivity index (χ2v) is 7.11. The summed E-state index contributed by atoms with van der Waals surface area (Å²) in [5, 5.41) is 18.8. The van der Waals surface area contributed by atoms with E-state index in [9.17, 15) is 4.79 Å². The molecule has 0 aliphatic carbocycles. The fourth-order valence-corrected chi connectivity index (χ4v) is 3.41. The Bertz CT molecular complexity index is 953. The van der Waals surface area contributed by atoms with Crippen LogP contribution in [0.2, 0.25) is 0 Å². The van der Waals surface area contributed by atoms with E-state index in [1.807, 2.05) is 32.0 Å².